The smallest absolute Gasteiger partial charge is 0.276 e. The number of amides is 2. The van der Waals surface area contributed by atoms with Gasteiger partial charge in [0.1, 0.15) is 11.5 Å². The molecule has 2 amide bonds. The van der Waals surface area contributed by atoms with E-state index in [9.17, 15) is 9.59 Å². The standard InChI is InChI=1S/C22H26BrN3O4S/c1-5-29-18-9-7-15(11-17(18)23)21(28)24-22(31)26-25-20(27)12-30-19-10-14(4)6-8-16(19)13(2)3/h6-11,13H,5,12H2,1-4H3,(H,25,27)(H2,24,26,28,31). The van der Waals surface area contributed by atoms with Crippen LogP contribution < -0.4 is 25.6 Å². The Bertz CT molecular complexity index is 966. The molecule has 0 saturated carbocycles. The number of aryl methyl sites for hydroxylation is 1. The quantitative estimate of drug-likeness (QED) is 0.387. The van der Waals surface area contributed by atoms with Gasteiger partial charge < -0.3 is 9.47 Å². The summed E-state index contributed by atoms with van der Waals surface area (Å²) in [4.78, 5) is 24.4. The maximum absolute atomic E-state index is 12.3. The summed E-state index contributed by atoms with van der Waals surface area (Å²) < 4.78 is 11.7. The summed E-state index contributed by atoms with van der Waals surface area (Å²) >= 11 is 8.43. The molecule has 0 spiro atoms. The number of carbonyl (C=O) groups excluding carboxylic acids is 2. The Morgan fingerprint density at radius 1 is 1.06 bits per heavy atom. The van der Waals surface area contributed by atoms with Gasteiger partial charge in [0, 0.05) is 5.56 Å². The zero-order valence-electron chi connectivity index (χ0n) is 17.9. The first-order chi connectivity index (χ1) is 14.7. The normalized spacial score (nSPS) is 10.4. The van der Waals surface area contributed by atoms with Gasteiger partial charge in [0.05, 0.1) is 11.1 Å². The van der Waals surface area contributed by atoms with Crippen molar-refractivity contribution in [2.45, 2.75) is 33.6 Å². The van der Waals surface area contributed by atoms with Crippen LogP contribution in [-0.2, 0) is 4.79 Å². The van der Waals surface area contributed by atoms with Gasteiger partial charge in [0.2, 0.25) is 0 Å². The van der Waals surface area contributed by atoms with E-state index in [0.717, 1.165) is 11.1 Å². The first-order valence-electron chi connectivity index (χ1n) is 9.77. The van der Waals surface area contributed by atoms with Crippen LogP contribution >= 0.6 is 28.1 Å². The van der Waals surface area contributed by atoms with Crippen molar-refractivity contribution in [3.63, 3.8) is 0 Å². The number of halogens is 1. The van der Waals surface area contributed by atoms with Gasteiger partial charge >= 0.3 is 0 Å². The average Bonchev–Trinajstić information content (AvgIpc) is 2.72. The number of hydrogen-bond acceptors (Lipinski definition) is 5. The lowest BCUT2D eigenvalue weighted by molar-refractivity contribution is -0.123. The highest BCUT2D eigenvalue weighted by Gasteiger charge is 2.13. The molecule has 0 unspecified atom stereocenters. The van der Waals surface area contributed by atoms with Gasteiger partial charge in [-0.05, 0) is 83.3 Å². The minimum atomic E-state index is -0.434. The third-order valence-corrected chi connectivity index (χ3v) is 5.01. The minimum Gasteiger partial charge on any atom is -0.493 e. The number of benzene rings is 2. The number of carbonyl (C=O) groups is 2. The fourth-order valence-corrected chi connectivity index (χ4v) is 3.31. The zero-order chi connectivity index (χ0) is 23.0. The summed E-state index contributed by atoms with van der Waals surface area (Å²) in [6.45, 7) is 8.28. The fraction of sp³-hybridized carbons (Fsp3) is 0.318. The van der Waals surface area contributed by atoms with Crippen LogP contribution in [0.2, 0.25) is 0 Å². The SMILES string of the molecule is CCOc1ccc(C(=O)NC(=S)NNC(=O)COc2cc(C)ccc2C(C)C)cc1Br. The maximum Gasteiger partial charge on any atom is 0.276 e. The first kappa shape index (κ1) is 24.6. The van der Waals surface area contributed by atoms with Crippen LogP contribution in [0, 0.1) is 6.92 Å². The molecule has 0 aliphatic carbocycles. The summed E-state index contributed by atoms with van der Waals surface area (Å²) in [5, 5.41) is 2.46. The highest BCUT2D eigenvalue weighted by atomic mass is 79.9. The second-order valence-electron chi connectivity index (χ2n) is 7.02. The molecule has 31 heavy (non-hydrogen) atoms. The van der Waals surface area contributed by atoms with Crippen LogP contribution in [-0.4, -0.2) is 30.1 Å². The van der Waals surface area contributed by atoms with Crippen molar-refractivity contribution < 1.29 is 19.1 Å². The largest absolute Gasteiger partial charge is 0.493 e. The molecule has 0 aliphatic rings. The number of rotatable bonds is 7. The predicted molar refractivity (Wildman–Crippen MR) is 127 cm³/mol. The molecular weight excluding hydrogens is 482 g/mol. The molecule has 0 aliphatic heterocycles. The van der Waals surface area contributed by atoms with E-state index in [1.54, 1.807) is 18.2 Å². The van der Waals surface area contributed by atoms with Crippen molar-refractivity contribution in [3.05, 3.63) is 57.6 Å². The number of ether oxygens (including phenoxy) is 2. The summed E-state index contributed by atoms with van der Waals surface area (Å²) in [7, 11) is 0. The second kappa shape index (κ2) is 11.7. The van der Waals surface area contributed by atoms with Gasteiger partial charge in [-0.3, -0.25) is 25.8 Å². The van der Waals surface area contributed by atoms with Crippen LogP contribution in [0.1, 0.15) is 48.2 Å². The lowest BCUT2D eigenvalue weighted by Crippen LogP contribution is -2.49. The van der Waals surface area contributed by atoms with Crippen molar-refractivity contribution >= 4 is 45.1 Å². The summed E-state index contributed by atoms with van der Waals surface area (Å²) in [6, 6.07) is 10.8. The monoisotopic (exact) mass is 507 g/mol. The molecule has 3 N–H and O–H groups in total. The van der Waals surface area contributed by atoms with Crippen molar-refractivity contribution in [3.8, 4) is 11.5 Å². The highest BCUT2D eigenvalue weighted by molar-refractivity contribution is 9.10. The van der Waals surface area contributed by atoms with Crippen molar-refractivity contribution in [1.29, 1.82) is 0 Å². The molecule has 2 rings (SSSR count). The molecular formula is C22H26BrN3O4S. The Labute approximate surface area is 196 Å². The Morgan fingerprint density at radius 2 is 1.81 bits per heavy atom. The molecule has 9 heteroatoms. The molecule has 0 saturated heterocycles. The summed E-state index contributed by atoms with van der Waals surface area (Å²) in [5.74, 6) is 0.718. The molecule has 0 atom stereocenters. The fourth-order valence-electron chi connectivity index (χ4n) is 2.67. The van der Waals surface area contributed by atoms with E-state index < -0.39 is 11.8 Å². The Kier molecular flexibility index (Phi) is 9.26. The first-order valence-corrected chi connectivity index (χ1v) is 11.0. The maximum atomic E-state index is 12.3. The molecule has 0 heterocycles. The molecule has 2 aromatic rings. The van der Waals surface area contributed by atoms with E-state index in [1.807, 2.05) is 32.0 Å². The second-order valence-corrected chi connectivity index (χ2v) is 8.28. The Hall–Kier alpha value is -2.65. The number of hydrogen-bond donors (Lipinski definition) is 3. The van der Waals surface area contributed by atoms with Crippen LogP contribution in [0.5, 0.6) is 11.5 Å². The predicted octanol–water partition coefficient (Wildman–Crippen LogP) is 3.99. The van der Waals surface area contributed by atoms with Crippen molar-refractivity contribution in [2.75, 3.05) is 13.2 Å². The van der Waals surface area contributed by atoms with Gasteiger partial charge in [0.25, 0.3) is 11.8 Å². The zero-order valence-corrected chi connectivity index (χ0v) is 20.3. The van der Waals surface area contributed by atoms with E-state index in [0.29, 0.717) is 28.1 Å². The topological polar surface area (TPSA) is 88.7 Å². The Morgan fingerprint density at radius 3 is 2.45 bits per heavy atom. The number of hydrazine groups is 1. The minimum absolute atomic E-state index is 0.0400. The van der Waals surface area contributed by atoms with Crippen molar-refractivity contribution in [1.82, 2.24) is 16.2 Å². The molecule has 166 valence electrons. The van der Waals surface area contributed by atoms with E-state index >= 15 is 0 Å². The Balaban J connectivity index is 1.83. The van der Waals surface area contributed by atoms with E-state index in [4.69, 9.17) is 21.7 Å². The van der Waals surface area contributed by atoms with Crippen molar-refractivity contribution in [2.24, 2.45) is 0 Å². The van der Waals surface area contributed by atoms with Gasteiger partial charge in [0.15, 0.2) is 11.7 Å². The summed E-state index contributed by atoms with van der Waals surface area (Å²) in [5.41, 5.74) is 7.36. The summed E-state index contributed by atoms with van der Waals surface area (Å²) in [6.07, 6.45) is 0. The van der Waals surface area contributed by atoms with Gasteiger partial charge in [-0.2, -0.15) is 0 Å². The van der Waals surface area contributed by atoms with Crippen LogP contribution in [0.25, 0.3) is 0 Å². The lowest BCUT2D eigenvalue weighted by atomic mass is 10.0. The molecule has 0 bridgehead atoms. The third kappa shape index (κ3) is 7.52. The van der Waals surface area contributed by atoms with Gasteiger partial charge in [-0.25, -0.2) is 0 Å². The molecule has 0 radical (unpaired) electrons. The highest BCUT2D eigenvalue weighted by Crippen LogP contribution is 2.27. The van der Waals surface area contributed by atoms with E-state index in [-0.39, 0.29) is 17.6 Å². The molecule has 7 nitrogen and oxygen atoms in total. The number of nitrogens with one attached hydrogen (secondary N) is 3. The van der Waals surface area contributed by atoms with E-state index in [1.165, 1.54) is 0 Å². The van der Waals surface area contributed by atoms with Crippen LogP contribution in [0.4, 0.5) is 0 Å². The van der Waals surface area contributed by atoms with Gasteiger partial charge in [-0.15, -0.1) is 0 Å². The van der Waals surface area contributed by atoms with Crippen LogP contribution in [0.15, 0.2) is 40.9 Å². The third-order valence-electron chi connectivity index (χ3n) is 4.19. The molecule has 0 aromatic heterocycles. The lowest BCUT2D eigenvalue weighted by Gasteiger charge is -2.15. The van der Waals surface area contributed by atoms with Crippen LogP contribution in [0.3, 0.4) is 0 Å². The number of thiocarbonyl (C=S) groups is 1. The molecule has 0 fully saturated rings. The molecule has 2 aromatic carbocycles. The van der Waals surface area contributed by atoms with E-state index in [2.05, 4.69) is 45.9 Å². The average molecular weight is 508 g/mol. The van der Waals surface area contributed by atoms with Gasteiger partial charge in [-0.1, -0.05) is 26.0 Å².